The Morgan fingerprint density at radius 3 is 2.50 bits per heavy atom. The topological polar surface area (TPSA) is 20.2 Å². The number of hydrogen-bond donors (Lipinski definition) is 1. The Kier molecular flexibility index (Phi) is 2.65. The van der Waals surface area contributed by atoms with Crippen LogP contribution in [0.5, 0.6) is 5.75 Å². The normalized spacial score (nSPS) is 10.4. The summed E-state index contributed by atoms with van der Waals surface area (Å²) in [5.41, 5.74) is 3.81. The standard InChI is InChI=1S/C14H12FO/c1-9-3-5-12(10(2)7-9)11-4-6-13(15)14(16)8-11/h3-6,8,16H,1-2H3. The van der Waals surface area contributed by atoms with Gasteiger partial charge in [0.15, 0.2) is 11.6 Å². The summed E-state index contributed by atoms with van der Waals surface area (Å²) in [5.74, 6) is -0.921. The molecule has 1 nitrogen and oxygen atoms in total. The van der Waals surface area contributed by atoms with E-state index in [1.165, 1.54) is 12.1 Å². The Morgan fingerprint density at radius 2 is 1.88 bits per heavy atom. The molecule has 16 heavy (non-hydrogen) atoms. The maximum Gasteiger partial charge on any atom is 0.164 e. The lowest BCUT2D eigenvalue weighted by Gasteiger charge is -2.07. The van der Waals surface area contributed by atoms with E-state index in [1.807, 2.05) is 26.0 Å². The largest absolute Gasteiger partial charge is 0.505 e. The van der Waals surface area contributed by atoms with Gasteiger partial charge < -0.3 is 5.11 Å². The second-order valence-electron chi connectivity index (χ2n) is 3.85. The minimum Gasteiger partial charge on any atom is -0.505 e. The van der Waals surface area contributed by atoms with Gasteiger partial charge in [0.05, 0.1) is 0 Å². The molecule has 1 N–H and O–H groups in total. The van der Waals surface area contributed by atoms with Gasteiger partial charge in [0.2, 0.25) is 0 Å². The highest BCUT2D eigenvalue weighted by Gasteiger charge is 2.06. The first-order chi connectivity index (χ1) is 7.58. The van der Waals surface area contributed by atoms with Crippen LogP contribution in [-0.2, 0) is 0 Å². The van der Waals surface area contributed by atoms with E-state index in [0.29, 0.717) is 0 Å². The molecule has 0 saturated heterocycles. The average Bonchev–Trinajstić information content (AvgIpc) is 2.22. The van der Waals surface area contributed by atoms with Crippen molar-refractivity contribution in [3.05, 3.63) is 53.3 Å². The summed E-state index contributed by atoms with van der Waals surface area (Å²) < 4.78 is 12.9. The first-order valence-electron chi connectivity index (χ1n) is 5.06. The van der Waals surface area contributed by atoms with Crippen molar-refractivity contribution in [2.45, 2.75) is 13.8 Å². The molecular weight excluding hydrogens is 203 g/mol. The third kappa shape index (κ3) is 1.91. The molecule has 0 unspecified atom stereocenters. The van der Waals surface area contributed by atoms with E-state index in [-0.39, 0.29) is 5.75 Å². The lowest BCUT2D eigenvalue weighted by Crippen LogP contribution is -1.86. The first-order valence-corrected chi connectivity index (χ1v) is 5.06. The Labute approximate surface area is 94.2 Å². The molecule has 0 aliphatic carbocycles. The van der Waals surface area contributed by atoms with E-state index < -0.39 is 5.82 Å². The van der Waals surface area contributed by atoms with Gasteiger partial charge in [-0.1, -0.05) is 18.2 Å². The predicted molar refractivity (Wildman–Crippen MR) is 61.8 cm³/mol. The zero-order valence-corrected chi connectivity index (χ0v) is 9.21. The molecule has 0 bridgehead atoms. The molecule has 2 heteroatoms. The minimum absolute atomic E-state index is 0.322. The van der Waals surface area contributed by atoms with Crippen molar-refractivity contribution in [2.75, 3.05) is 0 Å². The van der Waals surface area contributed by atoms with E-state index in [4.69, 9.17) is 0 Å². The summed E-state index contributed by atoms with van der Waals surface area (Å²) in [5, 5.41) is 9.32. The molecule has 2 aromatic carbocycles. The van der Waals surface area contributed by atoms with Crippen molar-refractivity contribution in [3.8, 4) is 16.9 Å². The lowest BCUT2D eigenvalue weighted by atomic mass is 9.98. The van der Waals surface area contributed by atoms with Crippen LogP contribution in [0.1, 0.15) is 11.1 Å². The van der Waals surface area contributed by atoms with Crippen LogP contribution in [0.4, 0.5) is 4.39 Å². The van der Waals surface area contributed by atoms with Crippen LogP contribution in [-0.4, -0.2) is 5.11 Å². The van der Waals surface area contributed by atoms with Gasteiger partial charge in [-0.05, 0) is 54.3 Å². The van der Waals surface area contributed by atoms with Crippen molar-refractivity contribution in [2.24, 2.45) is 0 Å². The molecule has 81 valence electrons. The number of phenolic OH excluding ortho intramolecular Hbond substituents is 1. The number of rotatable bonds is 1. The molecule has 0 amide bonds. The van der Waals surface area contributed by atoms with E-state index in [2.05, 4.69) is 6.07 Å². The van der Waals surface area contributed by atoms with E-state index in [1.54, 1.807) is 6.07 Å². The fraction of sp³-hybridized carbons (Fsp3) is 0.143. The second-order valence-corrected chi connectivity index (χ2v) is 3.85. The average molecular weight is 215 g/mol. The first kappa shape index (κ1) is 10.7. The van der Waals surface area contributed by atoms with Crippen molar-refractivity contribution in [3.63, 3.8) is 0 Å². The number of halogens is 1. The molecule has 2 aromatic rings. The Bertz CT molecular complexity index is 532. The minimum atomic E-state index is -0.600. The zero-order chi connectivity index (χ0) is 11.7. The summed E-state index contributed by atoms with van der Waals surface area (Å²) in [4.78, 5) is 0. The van der Waals surface area contributed by atoms with Crippen LogP contribution in [0.2, 0.25) is 0 Å². The third-order valence-electron chi connectivity index (χ3n) is 2.55. The van der Waals surface area contributed by atoms with Gasteiger partial charge in [-0.2, -0.15) is 0 Å². The van der Waals surface area contributed by atoms with Crippen LogP contribution < -0.4 is 0 Å². The van der Waals surface area contributed by atoms with Crippen molar-refractivity contribution in [1.82, 2.24) is 0 Å². The van der Waals surface area contributed by atoms with Gasteiger partial charge in [-0.15, -0.1) is 0 Å². The van der Waals surface area contributed by atoms with Crippen molar-refractivity contribution >= 4 is 0 Å². The van der Waals surface area contributed by atoms with Gasteiger partial charge in [-0.25, -0.2) is 4.39 Å². The molecule has 0 fully saturated rings. The Morgan fingerprint density at radius 1 is 1.12 bits per heavy atom. The van der Waals surface area contributed by atoms with E-state index in [0.717, 1.165) is 22.3 Å². The molecule has 0 aromatic heterocycles. The number of hydrogen-bond acceptors (Lipinski definition) is 1. The molecule has 0 atom stereocenters. The summed E-state index contributed by atoms with van der Waals surface area (Å²) in [6.07, 6.45) is 0. The molecule has 0 aliphatic heterocycles. The lowest BCUT2D eigenvalue weighted by molar-refractivity contribution is 0.433. The van der Waals surface area contributed by atoms with Gasteiger partial charge in [0.1, 0.15) is 0 Å². The van der Waals surface area contributed by atoms with Crippen LogP contribution in [0.3, 0.4) is 0 Å². The monoisotopic (exact) mass is 215 g/mol. The highest BCUT2D eigenvalue weighted by Crippen LogP contribution is 2.28. The molecular formula is C14H12FO. The van der Waals surface area contributed by atoms with Gasteiger partial charge >= 0.3 is 0 Å². The second kappa shape index (κ2) is 3.97. The summed E-state index contributed by atoms with van der Waals surface area (Å²) in [6.45, 7) is 3.92. The molecule has 2 rings (SSSR count). The van der Waals surface area contributed by atoms with Gasteiger partial charge in [0, 0.05) is 0 Å². The fourth-order valence-electron chi connectivity index (χ4n) is 1.73. The Balaban J connectivity index is 2.54. The van der Waals surface area contributed by atoms with Crippen molar-refractivity contribution < 1.29 is 9.50 Å². The van der Waals surface area contributed by atoms with Crippen molar-refractivity contribution in [1.29, 1.82) is 0 Å². The molecule has 0 saturated carbocycles. The number of phenols is 1. The summed E-state index contributed by atoms with van der Waals surface area (Å²) in [6, 6.07) is 11.4. The zero-order valence-electron chi connectivity index (χ0n) is 9.21. The fourth-order valence-corrected chi connectivity index (χ4v) is 1.73. The molecule has 0 heterocycles. The highest BCUT2D eigenvalue weighted by molar-refractivity contribution is 5.68. The Hall–Kier alpha value is -1.83. The van der Waals surface area contributed by atoms with Crippen LogP contribution >= 0.6 is 0 Å². The summed E-state index contributed by atoms with van der Waals surface area (Å²) >= 11 is 0. The maximum atomic E-state index is 12.9. The highest BCUT2D eigenvalue weighted by atomic mass is 19.1. The number of aromatic hydroxyl groups is 1. The van der Waals surface area contributed by atoms with Crippen LogP contribution in [0, 0.1) is 25.7 Å². The van der Waals surface area contributed by atoms with E-state index in [9.17, 15) is 9.50 Å². The number of aryl methyl sites for hydroxylation is 2. The smallest absolute Gasteiger partial charge is 0.164 e. The van der Waals surface area contributed by atoms with Crippen LogP contribution in [0.15, 0.2) is 30.3 Å². The maximum absolute atomic E-state index is 12.9. The van der Waals surface area contributed by atoms with E-state index >= 15 is 0 Å². The van der Waals surface area contributed by atoms with Gasteiger partial charge in [-0.3, -0.25) is 0 Å². The third-order valence-corrected chi connectivity index (χ3v) is 2.55. The quantitative estimate of drug-likeness (QED) is 0.770. The van der Waals surface area contributed by atoms with Crippen LogP contribution in [0.25, 0.3) is 11.1 Å². The SMILES string of the molecule is Cc1[c]c(C)c(-c2ccc(F)c(O)c2)cc1. The van der Waals surface area contributed by atoms with Gasteiger partial charge in [0.25, 0.3) is 0 Å². The molecule has 1 radical (unpaired) electrons. The number of benzene rings is 2. The molecule has 0 aliphatic rings. The summed E-state index contributed by atoms with van der Waals surface area (Å²) in [7, 11) is 0. The predicted octanol–water partition coefficient (Wildman–Crippen LogP) is 3.62. The molecule has 0 spiro atoms.